The number of nitrogens with zero attached hydrogens (tertiary/aromatic N) is 4. The number of hydrogen-bond donors (Lipinski definition) is 0. The van der Waals surface area contributed by atoms with Gasteiger partial charge in [0.05, 0.1) is 33.5 Å². The topological polar surface area (TPSA) is 43.6 Å². The Morgan fingerprint density at radius 2 is 1.12 bits per heavy atom. The quantitative estimate of drug-likeness (QED) is 0.182. The van der Waals surface area contributed by atoms with Crippen LogP contribution in [0.4, 0.5) is 0 Å². The van der Waals surface area contributed by atoms with E-state index >= 15 is 0 Å². The van der Waals surface area contributed by atoms with Gasteiger partial charge in [-0.2, -0.15) is 0 Å². The van der Waals surface area contributed by atoms with E-state index in [1.807, 2.05) is 0 Å². The lowest BCUT2D eigenvalue weighted by molar-refractivity contribution is 0.746. The SMILES string of the molecule is C1=Cc2c(nc(-c3cccc4c3-c3ccccc3C43c4ccccc4-n4c(-c5ccccc5)nc5cccc3c54)nc2-c2ccc(-c3ccccc3)cc2)CC1. The molecule has 1 atom stereocenters. The molecule has 262 valence electrons. The maximum absolute atomic E-state index is 5.49. The molecule has 4 heteroatoms. The molecule has 9 aromatic rings. The minimum absolute atomic E-state index is 0.574. The standard InChI is InChI=1S/C52H34N4/c1-3-15-33(16-4-1)34-29-31-35(32-30-34)48-38-20-8-11-26-44(38)53-50(55-48)39-21-13-24-42-47(39)37-19-7-9-22-40(37)52(42)41-23-10-12-28-46(41)56-49-43(52)25-14-27-45(49)54-51(56)36-17-5-2-6-18-36/h1-10,12-25,27-32H,11,26H2. The summed E-state index contributed by atoms with van der Waals surface area (Å²) >= 11 is 0. The van der Waals surface area contributed by atoms with E-state index in [1.54, 1.807) is 0 Å². The molecule has 0 fully saturated rings. The lowest BCUT2D eigenvalue weighted by atomic mass is 9.65. The third-order valence-electron chi connectivity index (χ3n) is 12.1. The Morgan fingerprint density at radius 1 is 0.482 bits per heavy atom. The summed E-state index contributed by atoms with van der Waals surface area (Å²) in [6.45, 7) is 0. The Morgan fingerprint density at radius 3 is 1.96 bits per heavy atom. The molecule has 0 bridgehead atoms. The van der Waals surface area contributed by atoms with Crippen molar-refractivity contribution in [3.63, 3.8) is 0 Å². The molecular formula is C52H34N4. The molecule has 0 saturated carbocycles. The summed E-state index contributed by atoms with van der Waals surface area (Å²) in [4.78, 5) is 16.2. The highest BCUT2D eigenvalue weighted by Gasteiger charge is 2.51. The predicted octanol–water partition coefficient (Wildman–Crippen LogP) is 12.1. The summed E-state index contributed by atoms with van der Waals surface area (Å²) in [6.07, 6.45) is 6.32. The van der Waals surface area contributed by atoms with Gasteiger partial charge in [-0.1, -0.05) is 170 Å². The van der Waals surface area contributed by atoms with Gasteiger partial charge in [-0.25, -0.2) is 15.0 Å². The fraction of sp³-hybridized carbons (Fsp3) is 0.0577. The number of aryl methyl sites for hydroxylation is 1. The maximum atomic E-state index is 5.49. The molecule has 3 heterocycles. The summed E-state index contributed by atoms with van der Waals surface area (Å²) in [6, 6.07) is 61.3. The molecule has 0 amide bonds. The molecule has 1 aliphatic heterocycles. The molecule has 0 radical (unpaired) electrons. The van der Waals surface area contributed by atoms with Crippen LogP contribution in [0.15, 0.2) is 176 Å². The molecular weight excluding hydrogens is 681 g/mol. The van der Waals surface area contributed by atoms with Crippen LogP contribution >= 0.6 is 0 Å². The second-order valence-corrected chi connectivity index (χ2v) is 15.0. The largest absolute Gasteiger partial charge is 0.292 e. The number of imidazole rings is 1. The van der Waals surface area contributed by atoms with Crippen molar-refractivity contribution in [3.8, 4) is 62.0 Å². The van der Waals surface area contributed by atoms with Crippen LogP contribution in [-0.2, 0) is 11.8 Å². The molecule has 7 aromatic carbocycles. The minimum Gasteiger partial charge on any atom is -0.292 e. The van der Waals surface area contributed by atoms with Crippen molar-refractivity contribution in [1.82, 2.24) is 19.5 Å². The predicted molar refractivity (Wildman–Crippen MR) is 227 cm³/mol. The van der Waals surface area contributed by atoms with Gasteiger partial charge >= 0.3 is 0 Å². The van der Waals surface area contributed by atoms with Crippen molar-refractivity contribution in [2.24, 2.45) is 0 Å². The van der Waals surface area contributed by atoms with E-state index < -0.39 is 5.41 Å². The first-order valence-electron chi connectivity index (χ1n) is 19.4. The molecule has 4 nitrogen and oxygen atoms in total. The smallest absolute Gasteiger partial charge is 0.160 e. The summed E-state index contributed by atoms with van der Waals surface area (Å²) < 4.78 is 2.39. The average molecular weight is 715 g/mol. The van der Waals surface area contributed by atoms with Crippen molar-refractivity contribution in [1.29, 1.82) is 0 Å². The molecule has 0 N–H and O–H groups in total. The van der Waals surface area contributed by atoms with Crippen molar-refractivity contribution in [2.75, 3.05) is 0 Å². The van der Waals surface area contributed by atoms with Crippen LogP contribution in [0.3, 0.4) is 0 Å². The molecule has 1 spiro atoms. The Bertz CT molecular complexity index is 3070. The third-order valence-corrected chi connectivity index (χ3v) is 12.1. The van der Waals surface area contributed by atoms with E-state index in [0.717, 1.165) is 74.9 Å². The summed E-state index contributed by atoms with van der Waals surface area (Å²) in [5, 5.41) is 0. The van der Waals surface area contributed by atoms with Crippen molar-refractivity contribution < 1.29 is 0 Å². The van der Waals surface area contributed by atoms with Gasteiger partial charge in [-0.05, 0) is 69.5 Å². The molecule has 12 rings (SSSR count). The van der Waals surface area contributed by atoms with Gasteiger partial charge in [0.1, 0.15) is 5.82 Å². The Balaban J connectivity index is 1.12. The second kappa shape index (κ2) is 11.9. The van der Waals surface area contributed by atoms with Gasteiger partial charge in [0.15, 0.2) is 5.82 Å². The second-order valence-electron chi connectivity index (χ2n) is 15.0. The average Bonchev–Trinajstić information content (AvgIpc) is 3.81. The van der Waals surface area contributed by atoms with Gasteiger partial charge < -0.3 is 0 Å². The highest BCUT2D eigenvalue weighted by Crippen LogP contribution is 2.62. The monoisotopic (exact) mass is 714 g/mol. The fourth-order valence-electron chi connectivity index (χ4n) is 9.76. The number of hydrogen-bond acceptors (Lipinski definition) is 3. The van der Waals surface area contributed by atoms with Gasteiger partial charge in [0, 0.05) is 22.3 Å². The molecule has 0 saturated heterocycles. The van der Waals surface area contributed by atoms with Crippen LogP contribution < -0.4 is 0 Å². The highest BCUT2D eigenvalue weighted by atomic mass is 15.1. The van der Waals surface area contributed by atoms with E-state index in [4.69, 9.17) is 15.0 Å². The van der Waals surface area contributed by atoms with Crippen LogP contribution in [0.2, 0.25) is 0 Å². The molecule has 2 aromatic heterocycles. The summed E-state index contributed by atoms with van der Waals surface area (Å²) in [5.74, 6) is 1.72. The maximum Gasteiger partial charge on any atom is 0.160 e. The summed E-state index contributed by atoms with van der Waals surface area (Å²) in [7, 11) is 0. The van der Waals surface area contributed by atoms with Gasteiger partial charge in [-0.3, -0.25) is 4.57 Å². The van der Waals surface area contributed by atoms with Crippen molar-refractivity contribution >= 4 is 17.1 Å². The lowest BCUT2D eigenvalue weighted by Gasteiger charge is -2.39. The van der Waals surface area contributed by atoms with E-state index in [9.17, 15) is 0 Å². The van der Waals surface area contributed by atoms with E-state index in [-0.39, 0.29) is 0 Å². The zero-order chi connectivity index (χ0) is 36.8. The molecule has 56 heavy (non-hydrogen) atoms. The van der Waals surface area contributed by atoms with Crippen LogP contribution in [0.5, 0.6) is 0 Å². The zero-order valence-electron chi connectivity index (χ0n) is 30.5. The fourth-order valence-corrected chi connectivity index (χ4v) is 9.76. The molecule has 2 aliphatic carbocycles. The van der Waals surface area contributed by atoms with Gasteiger partial charge in [-0.15, -0.1) is 0 Å². The number of para-hydroxylation sites is 2. The Kier molecular flexibility index (Phi) is 6.64. The normalized spacial score (nSPS) is 15.7. The van der Waals surface area contributed by atoms with Gasteiger partial charge in [0.2, 0.25) is 0 Å². The van der Waals surface area contributed by atoms with Crippen LogP contribution in [0, 0.1) is 0 Å². The molecule has 3 aliphatic rings. The number of allylic oxidation sites excluding steroid dienone is 1. The van der Waals surface area contributed by atoms with Crippen molar-refractivity contribution in [2.45, 2.75) is 18.3 Å². The van der Waals surface area contributed by atoms with Crippen molar-refractivity contribution in [3.05, 3.63) is 209 Å². The lowest BCUT2D eigenvalue weighted by Crippen LogP contribution is -2.33. The first-order valence-corrected chi connectivity index (χ1v) is 19.4. The Labute approximate surface area is 325 Å². The van der Waals surface area contributed by atoms with Crippen LogP contribution in [0.1, 0.15) is 39.9 Å². The van der Waals surface area contributed by atoms with E-state index in [0.29, 0.717) is 0 Å². The Hall–Kier alpha value is -7.17. The van der Waals surface area contributed by atoms with Gasteiger partial charge in [0.25, 0.3) is 0 Å². The zero-order valence-corrected chi connectivity index (χ0v) is 30.5. The van der Waals surface area contributed by atoms with E-state index in [1.165, 1.54) is 44.5 Å². The van der Waals surface area contributed by atoms with Crippen LogP contribution in [-0.4, -0.2) is 19.5 Å². The number of aromatic nitrogens is 4. The van der Waals surface area contributed by atoms with E-state index in [2.05, 4.69) is 187 Å². The first kappa shape index (κ1) is 31.2. The third kappa shape index (κ3) is 4.27. The number of fused-ring (bicyclic) bond motifs is 10. The highest BCUT2D eigenvalue weighted by molar-refractivity contribution is 6.00. The first-order chi connectivity index (χ1) is 27.8. The number of benzene rings is 7. The van der Waals surface area contributed by atoms with Crippen LogP contribution in [0.25, 0.3) is 79.1 Å². The molecule has 1 unspecified atom stereocenters. The minimum atomic E-state index is -0.574. The number of rotatable bonds is 4. The summed E-state index contributed by atoms with van der Waals surface area (Å²) in [5.41, 5.74) is 19.0.